The molecule has 0 bridgehead atoms. The molecule has 1 atom stereocenters. The third-order valence-corrected chi connectivity index (χ3v) is 5.45. The molecular weight excluding hydrogens is 396 g/mol. The number of carbonyl (C=O) groups excluding carboxylic acids is 1. The molecule has 8 heteroatoms. The van der Waals surface area contributed by atoms with Crippen LogP contribution in [0.1, 0.15) is 18.2 Å². The molecule has 0 radical (unpaired) electrons. The van der Waals surface area contributed by atoms with E-state index in [9.17, 15) is 9.59 Å². The minimum atomic E-state index is -0.385. The molecule has 144 valence electrons. The van der Waals surface area contributed by atoms with Crippen molar-refractivity contribution in [1.29, 1.82) is 0 Å². The van der Waals surface area contributed by atoms with Crippen molar-refractivity contribution in [3.8, 4) is 5.69 Å². The molecule has 0 spiro atoms. The van der Waals surface area contributed by atoms with Gasteiger partial charge in [-0.25, -0.2) is 0 Å². The van der Waals surface area contributed by atoms with Crippen LogP contribution in [-0.2, 0) is 11.3 Å². The minimum absolute atomic E-state index is 0.131. The number of thioether (sulfide) groups is 1. The smallest absolute Gasteiger partial charge is 0.271 e. The Kier molecular flexibility index (Phi) is 6.49. The molecule has 1 amide bonds. The first kappa shape index (κ1) is 20.1. The van der Waals surface area contributed by atoms with Crippen molar-refractivity contribution in [2.45, 2.75) is 30.7 Å². The number of hydrogen-bond donors (Lipinski definition) is 1. The quantitative estimate of drug-likeness (QED) is 0.625. The monoisotopic (exact) mass is 414 g/mol. The molecule has 2 aromatic heterocycles. The highest BCUT2D eigenvalue weighted by molar-refractivity contribution is 8.00. The lowest BCUT2D eigenvalue weighted by Gasteiger charge is -2.12. The van der Waals surface area contributed by atoms with Crippen molar-refractivity contribution in [3.63, 3.8) is 0 Å². The Balaban J connectivity index is 1.70. The van der Waals surface area contributed by atoms with E-state index in [2.05, 4.69) is 15.4 Å². The van der Waals surface area contributed by atoms with E-state index in [1.807, 2.05) is 31.2 Å². The molecule has 3 rings (SSSR count). The average Bonchev–Trinajstić information content (AvgIpc) is 2.70. The van der Waals surface area contributed by atoms with Gasteiger partial charge in [0, 0.05) is 17.3 Å². The molecule has 1 N–H and O–H groups in total. The normalized spacial score (nSPS) is 11.8. The van der Waals surface area contributed by atoms with Crippen molar-refractivity contribution in [1.82, 2.24) is 20.1 Å². The second-order valence-electron chi connectivity index (χ2n) is 6.15. The maximum absolute atomic E-state index is 12.4. The molecule has 0 aliphatic heterocycles. The standard InChI is InChI=1S/C20H19ClN4O2S/c1-13-6-7-16(11-17(13)21)25-19(26)9-8-18(24-25)28-14(2)20(27)23-12-15-5-3-4-10-22-15/h3-11,14H,12H2,1-2H3,(H,23,27)/t14-/m0/s1. The van der Waals surface area contributed by atoms with Gasteiger partial charge in [-0.15, -0.1) is 0 Å². The van der Waals surface area contributed by atoms with E-state index in [4.69, 9.17) is 11.6 Å². The van der Waals surface area contributed by atoms with Crippen molar-refractivity contribution in [3.05, 3.63) is 81.4 Å². The number of halogens is 1. The van der Waals surface area contributed by atoms with Gasteiger partial charge in [0.15, 0.2) is 0 Å². The lowest BCUT2D eigenvalue weighted by Crippen LogP contribution is -2.31. The minimum Gasteiger partial charge on any atom is -0.349 e. The van der Waals surface area contributed by atoms with E-state index >= 15 is 0 Å². The van der Waals surface area contributed by atoms with Crippen molar-refractivity contribution in [2.75, 3.05) is 0 Å². The number of aryl methyl sites for hydroxylation is 1. The first-order valence-electron chi connectivity index (χ1n) is 8.65. The fourth-order valence-corrected chi connectivity index (χ4v) is 3.42. The van der Waals surface area contributed by atoms with Crippen LogP contribution in [0.3, 0.4) is 0 Å². The molecule has 28 heavy (non-hydrogen) atoms. The van der Waals surface area contributed by atoms with Gasteiger partial charge in [0.2, 0.25) is 5.91 Å². The number of nitrogens with one attached hydrogen (secondary N) is 1. The van der Waals surface area contributed by atoms with Crippen LogP contribution >= 0.6 is 23.4 Å². The van der Waals surface area contributed by atoms with Crippen LogP contribution in [0.25, 0.3) is 5.69 Å². The van der Waals surface area contributed by atoms with E-state index in [0.717, 1.165) is 11.3 Å². The topological polar surface area (TPSA) is 76.9 Å². The number of pyridine rings is 1. The number of nitrogens with zero attached hydrogens (tertiary/aromatic N) is 3. The van der Waals surface area contributed by atoms with Crippen LogP contribution in [0.2, 0.25) is 5.02 Å². The van der Waals surface area contributed by atoms with Gasteiger partial charge >= 0.3 is 0 Å². The summed E-state index contributed by atoms with van der Waals surface area (Å²) in [6, 6.07) is 13.9. The molecular formula is C20H19ClN4O2S. The molecule has 0 saturated carbocycles. The number of amides is 1. The van der Waals surface area contributed by atoms with Gasteiger partial charge in [-0.2, -0.15) is 9.78 Å². The Morgan fingerprint density at radius 1 is 1.25 bits per heavy atom. The van der Waals surface area contributed by atoms with Gasteiger partial charge < -0.3 is 5.32 Å². The molecule has 0 aliphatic carbocycles. The van der Waals surface area contributed by atoms with E-state index in [-0.39, 0.29) is 16.7 Å². The Morgan fingerprint density at radius 3 is 2.79 bits per heavy atom. The summed E-state index contributed by atoms with van der Waals surface area (Å²) in [5, 5.41) is 7.97. The van der Waals surface area contributed by atoms with Crippen LogP contribution < -0.4 is 10.9 Å². The van der Waals surface area contributed by atoms with Gasteiger partial charge in [-0.3, -0.25) is 14.6 Å². The van der Waals surface area contributed by atoms with Crippen molar-refractivity contribution < 1.29 is 4.79 Å². The molecule has 0 fully saturated rings. The summed E-state index contributed by atoms with van der Waals surface area (Å²) in [6.45, 7) is 4.04. The van der Waals surface area contributed by atoms with Gasteiger partial charge in [0.25, 0.3) is 5.56 Å². The fraction of sp³-hybridized carbons (Fsp3) is 0.200. The second-order valence-corrected chi connectivity index (χ2v) is 7.92. The SMILES string of the molecule is Cc1ccc(-n2nc(S[C@@H](C)C(=O)NCc3ccccn3)ccc2=O)cc1Cl. The van der Waals surface area contributed by atoms with Gasteiger partial charge in [-0.05, 0) is 49.7 Å². The van der Waals surface area contributed by atoms with E-state index in [1.165, 1.54) is 22.5 Å². The van der Waals surface area contributed by atoms with Gasteiger partial charge in [0.1, 0.15) is 5.03 Å². The predicted molar refractivity (Wildman–Crippen MR) is 111 cm³/mol. The van der Waals surface area contributed by atoms with Crippen LogP contribution in [-0.4, -0.2) is 25.9 Å². The number of aromatic nitrogens is 3. The lowest BCUT2D eigenvalue weighted by atomic mass is 10.2. The largest absolute Gasteiger partial charge is 0.349 e. The van der Waals surface area contributed by atoms with Crippen molar-refractivity contribution in [2.24, 2.45) is 0 Å². The summed E-state index contributed by atoms with van der Waals surface area (Å²) < 4.78 is 1.28. The highest BCUT2D eigenvalue weighted by Gasteiger charge is 2.16. The first-order valence-corrected chi connectivity index (χ1v) is 9.91. The highest BCUT2D eigenvalue weighted by Crippen LogP contribution is 2.22. The Labute approximate surface area is 172 Å². The van der Waals surface area contributed by atoms with Crippen LogP contribution in [0.5, 0.6) is 0 Å². The summed E-state index contributed by atoms with van der Waals surface area (Å²) in [5.41, 5.74) is 2.02. The van der Waals surface area contributed by atoms with Crippen LogP contribution in [0, 0.1) is 6.92 Å². The maximum Gasteiger partial charge on any atom is 0.271 e. The van der Waals surface area contributed by atoms with Crippen molar-refractivity contribution >= 4 is 29.3 Å². The zero-order chi connectivity index (χ0) is 20.1. The molecule has 0 unspecified atom stereocenters. The van der Waals surface area contributed by atoms with E-state index in [1.54, 1.807) is 31.3 Å². The molecule has 2 heterocycles. The molecule has 0 saturated heterocycles. The fourth-order valence-electron chi connectivity index (χ4n) is 2.41. The second kappa shape index (κ2) is 9.03. The third-order valence-electron chi connectivity index (χ3n) is 4.01. The molecule has 0 aliphatic rings. The first-order chi connectivity index (χ1) is 13.4. The molecule has 1 aromatic carbocycles. The Hall–Kier alpha value is -2.64. The summed E-state index contributed by atoms with van der Waals surface area (Å²) in [5.74, 6) is -0.131. The number of benzene rings is 1. The summed E-state index contributed by atoms with van der Waals surface area (Å²) in [6.07, 6.45) is 1.68. The molecule has 6 nitrogen and oxygen atoms in total. The van der Waals surface area contributed by atoms with Crippen LogP contribution in [0.15, 0.2) is 64.5 Å². The zero-order valence-corrected chi connectivity index (χ0v) is 17.0. The van der Waals surface area contributed by atoms with Gasteiger partial charge in [-0.1, -0.05) is 35.5 Å². The van der Waals surface area contributed by atoms with Crippen LogP contribution in [0.4, 0.5) is 0 Å². The van der Waals surface area contributed by atoms with E-state index in [0.29, 0.717) is 22.3 Å². The summed E-state index contributed by atoms with van der Waals surface area (Å²) in [7, 11) is 0. The van der Waals surface area contributed by atoms with Gasteiger partial charge in [0.05, 0.1) is 23.2 Å². The van der Waals surface area contributed by atoms with E-state index < -0.39 is 0 Å². The Bertz CT molecular complexity index is 1040. The number of carbonyl (C=O) groups is 1. The zero-order valence-electron chi connectivity index (χ0n) is 15.4. The maximum atomic E-state index is 12.4. The molecule has 3 aromatic rings. The lowest BCUT2D eigenvalue weighted by molar-refractivity contribution is -0.120. The number of hydrogen-bond acceptors (Lipinski definition) is 5. The highest BCUT2D eigenvalue weighted by atomic mass is 35.5. The average molecular weight is 415 g/mol. The Morgan fingerprint density at radius 2 is 2.07 bits per heavy atom. The predicted octanol–water partition coefficient (Wildman–Crippen LogP) is 3.39. The summed E-state index contributed by atoms with van der Waals surface area (Å²) in [4.78, 5) is 28.7. The number of rotatable bonds is 6. The third kappa shape index (κ3) is 4.99. The summed E-state index contributed by atoms with van der Waals surface area (Å²) >= 11 is 7.44.